The Hall–Kier alpha value is -2.21. The van der Waals surface area contributed by atoms with Crippen LogP contribution in [0.15, 0.2) is 36.5 Å². The lowest BCUT2D eigenvalue weighted by molar-refractivity contribution is -0.120. The van der Waals surface area contributed by atoms with Gasteiger partial charge in [0, 0.05) is 18.7 Å². The van der Waals surface area contributed by atoms with E-state index in [4.69, 9.17) is 0 Å². The molecule has 1 heterocycles. The van der Waals surface area contributed by atoms with Crippen LogP contribution >= 0.6 is 0 Å². The maximum absolute atomic E-state index is 13.3. The van der Waals surface area contributed by atoms with Crippen LogP contribution < -0.4 is 5.32 Å². The molecule has 0 aliphatic heterocycles. The molecule has 1 atom stereocenters. The van der Waals surface area contributed by atoms with Gasteiger partial charge in [-0.2, -0.15) is 5.10 Å². The van der Waals surface area contributed by atoms with Gasteiger partial charge in [0.1, 0.15) is 11.6 Å². The predicted octanol–water partition coefficient (Wildman–Crippen LogP) is 3.45. The SMILES string of the molecule is CCN(Cc1cccc(F)c1)C(C)C(=O)Nc1ccnn1C(C)C. The molecule has 1 unspecified atom stereocenters. The molecule has 0 radical (unpaired) electrons. The summed E-state index contributed by atoms with van der Waals surface area (Å²) in [7, 11) is 0. The molecule has 0 bridgehead atoms. The zero-order chi connectivity index (χ0) is 17.7. The van der Waals surface area contributed by atoms with E-state index in [1.165, 1.54) is 12.1 Å². The Morgan fingerprint density at radius 2 is 2.08 bits per heavy atom. The van der Waals surface area contributed by atoms with Crippen LogP contribution in [0.5, 0.6) is 0 Å². The van der Waals surface area contributed by atoms with Gasteiger partial charge in [0.2, 0.25) is 5.91 Å². The van der Waals surface area contributed by atoms with Gasteiger partial charge >= 0.3 is 0 Å². The number of benzene rings is 1. The minimum Gasteiger partial charge on any atom is -0.310 e. The Morgan fingerprint density at radius 3 is 2.71 bits per heavy atom. The number of hydrogen-bond acceptors (Lipinski definition) is 3. The van der Waals surface area contributed by atoms with Crippen molar-refractivity contribution in [3.05, 3.63) is 47.9 Å². The van der Waals surface area contributed by atoms with Crippen molar-refractivity contribution in [3.8, 4) is 0 Å². The highest BCUT2D eigenvalue weighted by atomic mass is 19.1. The molecular weight excluding hydrogens is 307 g/mol. The molecule has 1 aromatic heterocycles. The number of aromatic nitrogens is 2. The lowest BCUT2D eigenvalue weighted by Crippen LogP contribution is -2.41. The van der Waals surface area contributed by atoms with Crippen molar-refractivity contribution in [2.24, 2.45) is 0 Å². The van der Waals surface area contributed by atoms with E-state index in [2.05, 4.69) is 10.4 Å². The molecule has 0 saturated heterocycles. The number of halogens is 1. The zero-order valence-corrected chi connectivity index (χ0v) is 14.7. The monoisotopic (exact) mass is 332 g/mol. The van der Waals surface area contributed by atoms with E-state index in [1.807, 2.05) is 38.7 Å². The smallest absolute Gasteiger partial charge is 0.242 e. The number of rotatable bonds is 7. The molecule has 2 rings (SSSR count). The molecule has 6 heteroatoms. The first-order valence-electron chi connectivity index (χ1n) is 8.25. The Kier molecular flexibility index (Phi) is 6.09. The number of anilines is 1. The van der Waals surface area contributed by atoms with E-state index < -0.39 is 0 Å². The van der Waals surface area contributed by atoms with Gasteiger partial charge in [-0.15, -0.1) is 0 Å². The molecule has 1 amide bonds. The summed E-state index contributed by atoms with van der Waals surface area (Å²) in [5, 5.41) is 7.15. The normalized spacial score (nSPS) is 12.6. The van der Waals surface area contributed by atoms with Crippen LogP contribution in [-0.4, -0.2) is 33.2 Å². The molecule has 0 saturated carbocycles. The topological polar surface area (TPSA) is 50.2 Å². The van der Waals surface area contributed by atoms with Crippen molar-refractivity contribution in [2.75, 3.05) is 11.9 Å². The lowest BCUT2D eigenvalue weighted by atomic mass is 10.1. The fraction of sp³-hybridized carbons (Fsp3) is 0.444. The quantitative estimate of drug-likeness (QED) is 0.845. The Labute approximate surface area is 142 Å². The zero-order valence-electron chi connectivity index (χ0n) is 14.7. The summed E-state index contributed by atoms with van der Waals surface area (Å²) in [5.74, 6) is 0.320. The Bertz CT molecular complexity index is 683. The maximum atomic E-state index is 13.3. The second-order valence-electron chi connectivity index (χ2n) is 6.11. The van der Waals surface area contributed by atoms with E-state index in [9.17, 15) is 9.18 Å². The summed E-state index contributed by atoms with van der Waals surface area (Å²) < 4.78 is 15.1. The van der Waals surface area contributed by atoms with Gasteiger partial charge in [-0.05, 0) is 45.0 Å². The first-order chi connectivity index (χ1) is 11.4. The highest BCUT2D eigenvalue weighted by Gasteiger charge is 2.21. The van der Waals surface area contributed by atoms with Crippen molar-refractivity contribution in [1.29, 1.82) is 0 Å². The number of nitrogens with zero attached hydrogens (tertiary/aromatic N) is 3. The second kappa shape index (κ2) is 8.06. The summed E-state index contributed by atoms with van der Waals surface area (Å²) in [6.07, 6.45) is 1.67. The highest BCUT2D eigenvalue weighted by molar-refractivity contribution is 5.93. The van der Waals surface area contributed by atoms with Gasteiger partial charge in [0.15, 0.2) is 0 Å². The van der Waals surface area contributed by atoms with Gasteiger partial charge in [-0.3, -0.25) is 9.69 Å². The number of likely N-dealkylation sites (N-methyl/N-ethyl adjacent to an activating group) is 1. The van der Waals surface area contributed by atoms with E-state index in [1.54, 1.807) is 23.0 Å². The van der Waals surface area contributed by atoms with Gasteiger partial charge < -0.3 is 5.32 Å². The van der Waals surface area contributed by atoms with E-state index in [-0.39, 0.29) is 23.8 Å². The third-order valence-electron chi connectivity index (χ3n) is 4.02. The van der Waals surface area contributed by atoms with E-state index in [0.29, 0.717) is 18.9 Å². The fourth-order valence-electron chi connectivity index (χ4n) is 2.61. The van der Waals surface area contributed by atoms with E-state index in [0.717, 1.165) is 5.56 Å². The van der Waals surface area contributed by atoms with Crippen LogP contribution in [0.3, 0.4) is 0 Å². The molecular formula is C18H25FN4O. The number of carbonyl (C=O) groups is 1. The van der Waals surface area contributed by atoms with Crippen molar-refractivity contribution < 1.29 is 9.18 Å². The molecule has 2 aromatic rings. The average Bonchev–Trinajstić information content (AvgIpc) is 3.00. The standard InChI is InChI=1S/C18H25FN4O/c1-5-22(12-15-7-6-8-16(19)11-15)14(4)18(24)21-17-9-10-20-23(17)13(2)3/h6-11,13-14H,5,12H2,1-4H3,(H,21,24). The van der Waals surface area contributed by atoms with Gasteiger partial charge in [-0.1, -0.05) is 19.1 Å². The average molecular weight is 332 g/mol. The second-order valence-corrected chi connectivity index (χ2v) is 6.11. The van der Waals surface area contributed by atoms with Crippen LogP contribution in [0.25, 0.3) is 0 Å². The van der Waals surface area contributed by atoms with Crippen LogP contribution in [0.4, 0.5) is 10.2 Å². The lowest BCUT2D eigenvalue weighted by Gasteiger charge is -2.27. The largest absolute Gasteiger partial charge is 0.310 e. The highest BCUT2D eigenvalue weighted by Crippen LogP contribution is 2.15. The molecule has 130 valence electrons. The number of nitrogens with one attached hydrogen (secondary N) is 1. The molecule has 1 N–H and O–H groups in total. The van der Waals surface area contributed by atoms with Crippen molar-refractivity contribution in [3.63, 3.8) is 0 Å². The van der Waals surface area contributed by atoms with Gasteiger partial charge in [0.25, 0.3) is 0 Å². The third kappa shape index (κ3) is 4.41. The third-order valence-corrected chi connectivity index (χ3v) is 4.02. The van der Waals surface area contributed by atoms with Crippen LogP contribution in [0.2, 0.25) is 0 Å². The van der Waals surface area contributed by atoms with Crippen molar-refractivity contribution in [2.45, 2.75) is 46.3 Å². The first-order valence-corrected chi connectivity index (χ1v) is 8.25. The summed E-state index contributed by atoms with van der Waals surface area (Å²) in [6.45, 7) is 9.07. The van der Waals surface area contributed by atoms with Gasteiger partial charge in [-0.25, -0.2) is 9.07 Å². The molecule has 5 nitrogen and oxygen atoms in total. The molecule has 0 fully saturated rings. The van der Waals surface area contributed by atoms with Crippen LogP contribution in [0.1, 0.15) is 39.3 Å². The van der Waals surface area contributed by atoms with Gasteiger partial charge in [0.05, 0.1) is 12.2 Å². The minimum absolute atomic E-state index is 0.101. The summed E-state index contributed by atoms with van der Waals surface area (Å²) in [6, 6.07) is 8.08. The Morgan fingerprint density at radius 1 is 1.33 bits per heavy atom. The summed E-state index contributed by atoms with van der Waals surface area (Å²) in [5.41, 5.74) is 0.851. The number of amides is 1. The Balaban J connectivity index is 2.05. The molecule has 0 aliphatic rings. The molecule has 0 spiro atoms. The molecule has 0 aliphatic carbocycles. The molecule has 24 heavy (non-hydrogen) atoms. The van der Waals surface area contributed by atoms with Crippen molar-refractivity contribution in [1.82, 2.24) is 14.7 Å². The van der Waals surface area contributed by atoms with Crippen LogP contribution in [-0.2, 0) is 11.3 Å². The minimum atomic E-state index is -0.339. The predicted molar refractivity (Wildman–Crippen MR) is 93.2 cm³/mol. The fourth-order valence-corrected chi connectivity index (χ4v) is 2.61. The number of carbonyl (C=O) groups excluding carboxylic acids is 1. The number of hydrogen-bond donors (Lipinski definition) is 1. The van der Waals surface area contributed by atoms with Crippen molar-refractivity contribution >= 4 is 11.7 Å². The summed E-state index contributed by atoms with van der Waals surface area (Å²) >= 11 is 0. The maximum Gasteiger partial charge on any atom is 0.242 e. The first kappa shape index (κ1) is 18.1. The molecule has 1 aromatic carbocycles. The summed E-state index contributed by atoms with van der Waals surface area (Å²) in [4.78, 5) is 14.6. The van der Waals surface area contributed by atoms with Crippen LogP contribution in [0, 0.1) is 5.82 Å². The van der Waals surface area contributed by atoms with E-state index >= 15 is 0 Å².